The molecule has 1 saturated carbocycles. The van der Waals surface area contributed by atoms with Crippen LogP contribution in [0.1, 0.15) is 73.0 Å². The van der Waals surface area contributed by atoms with Gasteiger partial charge in [0.1, 0.15) is 6.07 Å². The lowest BCUT2D eigenvalue weighted by molar-refractivity contribution is 0.129. The number of nitrogens with one attached hydrogen (secondary N) is 1. The smallest absolute Gasteiger partial charge is 0.102 e. The molecule has 5 nitrogen and oxygen atoms in total. The molecule has 2 aliphatic carbocycles. The minimum atomic E-state index is -0.135. The third-order valence-electron chi connectivity index (χ3n) is 6.40. The van der Waals surface area contributed by atoms with Crippen molar-refractivity contribution in [2.45, 2.75) is 70.1 Å². The van der Waals surface area contributed by atoms with E-state index < -0.39 is 0 Å². The molecule has 142 valence electrons. The van der Waals surface area contributed by atoms with E-state index >= 15 is 0 Å². The highest BCUT2D eigenvalue weighted by atomic mass is 16.5. The van der Waals surface area contributed by atoms with Gasteiger partial charge in [0, 0.05) is 23.8 Å². The molecule has 0 radical (unpaired) electrons. The molecule has 0 aliphatic heterocycles. The number of pyridine rings is 1. The van der Waals surface area contributed by atoms with Crippen LogP contribution in [0.3, 0.4) is 0 Å². The zero-order valence-electron chi connectivity index (χ0n) is 16.4. The molecule has 2 heterocycles. The topological polar surface area (TPSA) is 74.6 Å². The van der Waals surface area contributed by atoms with Gasteiger partial charge in [-0.2, -0.15) is 10.4 Å². The van der Waals surface area contributed by atoms with Crippen LogP contribution in [0, 0.1) is 18.3 Å². The van der Waals surface area contributed by atoms with Gasteiger partial charge in [0.25, 0.3) is 0 Å². The van der Waals surface area contributed by atoms with Gasteiger partial charge < -0.3 is 4.74 Å². The highest BCUT2D eigenvalue weighted by molar-refractivity contribution is 5.75. The number of hydrogen-bond donors (Lipinski definition) is 1. The van der Waals surface area contributed by atoms with Gasteiger partial charge in [0.05, 0.1) is 29.8 Å². The van der Waals surface area contributed by atoms with Crippen molar-refractivity contribution in [2.24, 2.45) is 0 Å². The summed E-state index contributed by atoms with van der Waals surface area (Å²) in [5, 5.41) is 17.7. The lowest BCUT2D eigenvalue weighted by atomic mass is 9.78. The summed E-state index contributed by atoms with van der Waals surface area (Å²) in [5.41, 5.74) is 7.14. The summed E-state index contributed by atoms with van der Waals surface area (Å²) in [6, 6.07) is 2.54. The first-order valence-corrected chi connectivity index (χ1v) is 10.2. The Bertz CT molecular complexity index is 871. The summed E-state index contributed by atoms with van der Waals surface area (Å²) in [4.78, 5) is 5.18. The molecule has 2 aliphatic rings. The van der Waals surface area contributed by atoms with Gasteiger partial charge in [-0.3, -0.25) is 10.1 Å². The van der Waals surface area contributed by atoms with Gasteiger partial charge >= 0.3 is 0 Å². The van der Waals surface area contributed by atoms with Crippen LogP contribution in [0.25, 0.3) is 11.3 Å². The quantitative estimate of drug-likeness (QED) is 0.817. The Morgan fingerprint density at radius 2 is 1.96 bits per heavy atom. The molecule has 0 amide bonds. The van der Waals surface area contributed by atoms with E-state index in [4.69, 9.17) is 9.72 Å². The van der Waals surface area contributed by atoms with E-state index in [9.17, 15) is 5.26 Å². The third-order valence-corrected chi connectivity index (χ3v) is 6.40. The number of aromatic nitrogens is 3. The Morgan fingerprint density at radius 3 is 2.63 bits per heavy atom. The number of H-pyrrole nitrogens is 1. The Labute approximate surface area is 161 Å². The lowest BCUT2D eigenvalue weighted by Gasteiger charge is -2.30. The molecule has 0 spiro atoms. The van der Waals surface area contributed by atoms with E-state index in [2.05, 4.69) is 23.2 Å². The largest absolute Gasteiger partial charge is 0.384 e. The molecule has 1 fully saturated rings. The summed E-state index contributed by atoms with van der Waals surface area (Å²) >= 11 is 0. The maximum Gasteiger partial charge on any atom is 0.102 e. The minimum absolute atomic E-state index is 0.135. The summed E-state index contributed by atoms with van der Waals surface area (Å²) in [6.45, 7) is 2.69. The maximum atomic E-state index is 10.2. The number of aryl methyl sites for hydroxylation is 2. The second-order valence-electron chi connectivity index (χ2n) is 8.16. The van der Waals surface area contributed by atoms with Crippen molar-refractivity contribution >= 4 is 0 Å². The molecule has 0 aromatic carbocycles. The molecule has 2 aromatic heterocycles. The first kappa shape index (κ1) is 18.2. The van der Waals surface area contributed by atoms with Crippen molar-refractivity contribution in [3.05, 3.63) is 34.3 Å². The molecule has 5 heteroatoms. The van der Waals surface area contributed by atoms with E-state index in [1.54, 1.807) is 7.11 Å². The molecule has 4 rings (SSSR count). The highest BCUT2D eigenvalue weighted by Crippen LogP contribution is 2.45. The van der Waals surface area contributed by atoms with Crippen LogP contribution >= 0.6 is 0 Å². The predicted octanol–water partition coefficient (Wildman–Crippen LogP) is 4.38. The van der Waals surface area contributed by atoms with E-state index in [-0.39, 0.29) is 5.41 Å². The standard InChI is InChI=1S/C22H28N4O/c1-15-13-24-26-20(15)19-16-8-4-3-5-9-18(16)25-21(17(19)12-23)22(14-27-2)10-6-7-11-22/h13H,3-11,14H2,1-2H3,(H,24,26). The van der Waals surface area contributed by atoms with Crippen molar-refractivity contribution < 1.29 is 4.74 Å². The minimum Gasteiger partial charge on any atom is -0.384 e. The number of methoxy groups -OCH3 is 1. The molecular formula is C22H28N4O. The molecular weight excluding hydrogens is 336 g/mol. The summed E-state index contributed by atoms with van der Waals surface area (Å²) in [7, 11) is 1.76. The average Bonchev–Trinajstić information content (AvgIpc) is 3.24. The van der Waals surface area contributed by atoms with Crippen molar-refractivity contribution in [2.75, 3.05) is 13.7 Å². The molecule has 0 unspecified atom stereocenters. The van der Waals surface area contributed by atoms with Gasteiger partial charge in [0.15, 0.2) is 0 Å². The molecule has 0 saturated heterocycles. The molecule has 0 atom stereocenters. The third kappa shape index (κ3) is 3.06. The summed E-state index contributed by atoms with van der Waals surface area (Å²) < 4.78 is 5.64. The van der Waals surface area contributed by atoms with E-state index in [1.165, 1.54) is 36.9 Å². The normalized spacial score (nSPS) is 18.7. The lowest BCUT2D eigenvalue weighted by Crippen LogP contribution is -2.31. The Morgan fingerprint density at radius 1 is 1.19 bits per heavy atom. The van der Waals surface area contributed by atoms with Crippen LogP contribution in [-0.4, -0.2) is 28.9 Å². The number of rotatable bonds is 4. The molecule has 27 heavy (non-hydrogen) atoms. The number of ether oxygens (including phenoxy) is 1. The zero-order chi connectivity index (χ0) is 18.9. The Kier molecular flexibility index (Phi) is 5.01. The van der Waals surface area contributed by atoms with E-state index in [1.807, 2.05) is 6.20 Å². The molecule has 2 aromatic rings. The van der Waals surface area contributed by atoms with Gasteiger partial charge in [-0.1, -0.05) is 19.3 Å². The Hall–Kier alpha value is -2.19. The van der Waals surface area contributed by atoms with Crippen LogP contribution in [0.2, 0.25) is 0 Å². The van der Waals surface area contributed by atoms with Crippen molar-refractivity contribution in [1.82, 2.24) is 15.2 Å². The SMILES string of the molecule is COCC1(c2nc3c(c(-c4[nH]ncc4C)c2C#N)CCCCC3)CCCC1. The van der Waals surface area contributed by atoms with Gasteiger partial charge in [-0.15, -0.1) is 0 Å². The highest BCUT2D eigenvalue weighted by Gasteiger charge is 2.41. The maximum absolute atomic E-state index is 10.2. The first-order valence-electron chi connectivity index (χ1n) is 10.2. The number of fused-ring (bicyclic) bond motifs is 1. The van der Waals surface area contributed by atoms with Crippen LogP contribution < -0.4 is 0 Å². The summed E-state index contributed by atoms with van der Waals surface area (Å²) in [5.74, 6) is 0. The summed E-state index contributed by atoms with van der Waals surface area (Å²) in [6.07, 6.45) is 11.8. The van der Waals surface area contributed by atoms with E-state index in [0.29, 0.717) is 6.61 Å². The van der Waals surface area contributed by atoms with Crippen LogP contribution in [0.15, 0.2) is 6.20 Å². The van der Waals surface area contributed by atoms with Crippen LogP contribution in [-0.2, 0) is 23.0 Å². The second kappa shape index (κ2) is 7.44. The van der Waals surface area contributed by atoms with E-state index in [0.717, 1.165) is 60.2 Å². The fraction of sp³-hybridized carbons (Fsp3) is 0.591. The monoisotopic (exact) mass is 364 g/mol. The fourth-order valence-corrected chi connectivity index (χ4v) is 5.06. The van der Waals surface area contributed by atoms with Crippen molar-refractivity contribution in [3.63, 3.8) is 0 Å². The zero-order valence-corrected chi connectivity index (χ0v) is 16.4. The number of nitriles is 1. The van der Waals surface area contributed by atoms with Crippen LogP contribution in [0.4, 0.5) is 0 Å². The second-order valence-corrected chi connectivity index (χ2v) is 8.16. The number of hydrogen-bond acceptors (Lipinski definition) is 4. The van der Waals surface area contributed by atoms with Crippen LogP contribution in [0.5, 0.6) is 0 Å². The number of nitrogens with zero attached hydrogens (tertiary/aromatic N) is 3. The van der Waals surface area contributed by atoms with Gasteiger partial charge in [0.2, 0.25) is 0 Å². The molecule has 0 bridgehead atoms. The van der Waals surface area contributed by atoms with Crippen molar-refractivity contribution in [3.8, 4) is 17.3 Å². The fourth-order valence-electron chi connectivity index (χ4n) is 5.06. The molecule has 1 N–H and O–H groups in total. The average molecular weight is 364 g/mol. The predicted molar refractivity (Wildman–Crippen MR) is 105 cm³/mol. The first-order chi connectivity index (χ1) is 13.2. The van der Waals surface area contributed by atoms with Gasteiger partial charge in [-0.05, 0) is 56.6 Å². The Balaban J connectivity index is 2.02. The van der Waals surface area contributed by atoms with Crippen molar-refractivity contribution in [1.29, 1.82) is 5.26 Å². The van der Waals surface area contributed by atoms with Gasteiger partial charge in [-0.25, -0.2) is 0 Å². The number of aromatic amines is 1.